The van der Waals surface area contributed by atoms with Gasteiger partial charge in [-0.15, -0.1) is 0 Å². The Balaban J connectivity index is 6.72. The third-order valence-corrected chi connectivity index (χ3v) is 71.6. The lowest BCUT2D eigenvalue weighted by Gasteiger charge is -2.55. The minimum Gasteiger partial charge on any atom is -0.523 e. The smallest absolute Gasteiger partial charge is 0.424 e. The van der Waals surface area contributed by atoms with Gasteiger partial charge in [0.25, 0.3) is 0 Å². The van der Waals surface area contributed by atoms with Crippen molar-refractivity contribution in [3.63, 3.8) is 0 Å². The Bertz CT molecular complexity index is 553. The van der Waals surface area contributed by atoms with E-state index in [1.165, 1.54) is 0 Å². The molecule has 0 fully saturated rings. The van der Waals surface area contributed by atoms with Gasteiger partial charge in [-0.25, -0.2) is 4.79 Å². The van der Waals surface area contributed by atoms with Crippen LogP contribution in [-0.2, 0) is 9.22 Å². The highest BCUT2D eigenvalue weighted by Gasteiger charge is 2.67. The molecular formula is C14H27F7O2Si4. The molecule has 13 heteroatoms. The fourth-order valence-electron chi connectivity index (χ4n) is 4.53. The Hall–Kier alpha value is -0.412. The van der Waals surface area contributed by atoms with Crippen LogP contribution < -0.4 is 0 Å². The first-order valence-corrected chi connectivity index (χ1v) is 23.6. The summed E-state index contributed by atoms with van der Waals surface area (Å²) in [6.07, 6.45) is -12.1. The van der Waals surface area contributed by atoms with Crippen molar-refractivity contribution in [3.05, 3.63) is 11.4 Å². The van der Waals surface area contributed by atoms with E-state index in [1.54, 1.807) is 0 Å². The Labute approximate surface area is 158 Å². The summed E-state index contributed by atoms with van der Waals surface area (Å²) >= 11 is 0. The molecule has 0 saturated carbocycles. The van der Waals surface area contributed by atoms with Crippen LogP contribution in [-0.4, -0.2) is 48.0 Å². The molecular weight excluding hydrogens is 445 g/mol. The first-order valence-electron chi connectivity index (χ1n) is 8.19. The monoisotopic (exact) mass is 472 g/mol. The van der Waals surface area contributed by atoms with E-state index in [9.17, 15) is 35.5 Å². The number of rotatable bonds is 5. The SMILES string of the molecule is C[Si](C)(C)[Si](OC(=O)C(F)=C(C(F)(F)F)C(F)(F)F)([Si](C)(C)C)[Si](C)(C)C. The normalized spacial score (nSPS) is 14.8. The van der Waals surface area contributed by atoms with E-state index in [0.717, 1.165) is 0 Å². The summed E-state index contributed by atoms with van der Waals surface area (Å²) in [6, 6.07) is 0. The molecule has 0 heterocycles. The van der Waals surface area contributed by atoms with Gasteiger partial charge < -0.3 is 4.43 Å². The zero-order valence-corrected chi connectivity index (χ0v) is 21.0. The highest BCUT2D eigenvalue weighted by atomic mass is 29.9. The second-order valence-electron chi connectivity index (χ2n) is 9.51. The van der Waals surface area contributed by atoms with Crippen LogP contribution >= 0.6 is 0 Å². The van der Waals surface area contributed by atoms with Crippen LogP contribution in [0.3, 0.4) is 0 Å². The quantitative estimate of drug-likeness (QED) is 0.276. The zero-order chi connectivity index (χ0) is 22.4. The largest absolute Gasteiger partial charge is 0.523 e. The van der Waals surface area contributed by atoms with E-state index in [2.05, 4.69) is 0 Å². The molecule has 0 N–H and O–H groups in total. The lowest BCUT2D eigenvalue weighted by atomic mass is 10.2. The number of hydrogen-bond acceptors (Lipinski definition) is 2. The Morgan fingerprint density at radius 3 is 1.11 bits per heavy atom. The van der Waals surface area contributed by atoms with Crippen molar-refractivity contribution in [2.24, 2.45) is 0 Å². The van der Waals surface area contributed by atoms with Crippen molar-refractivity contribution in [2.75, 3.05) is 0 Å². The van der Waals surface area contributed by atoms with Gasteiger partial charge in [0.05, 0.1) is 22.8 Å². The van der Waals surface area contributed by atoms with Crippen LogP contribution in [0.25, 0.3) is 0 Å². The van der Waals surface area contributed by atoms with Crippen LogP contribution in [0.1, 0.15) is 0 Å². The van der Waals surface area contributed by atoms with Gasteiger partial charge >= 0.3 is 18.3 Å². The maximum Gasteiger partial charge on any atom is 0.424 e. The first-order chi connectivity index (χ1) is 11.4. The van der Waals surface area contributed by atoms with Gasteiger partial charge in [-0.1, -0.05) is 58.9 Å². The second kappa shape index (κ2) is 7.44. The molecule has 0 aromatic rings. The number of carbonyl (C=O) groups excluding carboxylic acids is 1. The predicted octanol–water partition coefficient (Wildman–Crippen LogP) is 6.07. The highest BCUT2D eigenvalue weighted by molar-refractivity contribution is 7.87. The van der Waals surface area contributed by atoms with E-state index in [0.29, 0.717) is 0 Å². The van der Waals surface area contributed by atoms with Crippen LogP contribution in [0.5, 0.6) is 0 Å². The Kier molecular flexibility index (Phi) is 7.33. The number of allylic oxidation sites excluding steroid dienone is 1. The van der Waals surface area contributed by atoms with E-state index < -0.39 is 59.4 Å². The van der Waals surface area contributed by atoms with E-state index in [4.69, 9.17) is 4.43 Å². The summed E-state index contributed by atoms with van der Waals surface area (Å²) in [4.78, 5) is 12.3. The summed E-state index contributed by atoms with van der Waals surface area (Å²) in [5.74, 6) is -5.03. The molecule has 0 aliphatic rings. The second-order valence-corrected chi connectivity index (χ2v) is 48.9. The van der Waals surface area contributed by atoms with Crippen LogP contribution in [0.2, 0.25) is 58.9 Å². The van der Waals surface area contributed by atoms with Gasteiger partial charge in [0, 0.05) is 0 Å². The molecule has 2 nitrogen and oxygen atoms in total. The van der Waals surface area contributed by atoms with Gasteiger partial charge in [0.15, 0.2) is 5.57 Å². The number of halogens is 7. The van der Waals surface area contributed by atoms with Crippen molar-refractivity contribution in [1.82, 2.24) is 0 Å². The molecule has 0 aliphatic heterocycles. The number of alkyl halides is 6. The predicted molar refractivity (Wildman–Crippen MR) is 102 cm³/mol. The molecule has 0 rings (SSSR count). The summed E-state index contributed by atoms with van der Waals surface area (Å²) in [7, 11) is -7.13. The molecule has 0 spiro atoms. The highest BCUT2D eigenvalue weighted by Crippen LogP contribution is 2.43. The number of carbonyl (C=O) groups is 1. The molecule has 160 valence electrons. The summed E-state index contributed by atoms with van der Waals surface area (Å²) in [6.45, 7) is 13.9. The van der Waals surface area contributed by atoms with Crippen molar-refractivity contribution >= 4 is 35.6 Å². The van der Waals surface area contributed by atoms with Crippen LogP contribution in [0.4, 0.5) is 30.7 Å². The third-order valence-electron chi connectivity index (χ3n) is 4.38. The molecule has 0 bridgehead atoms. The molecule has 0 radical (unpaired) electrons. The van der Waals surface area contributed by atoms with E-state index >= 15 is 0 Å². The van der Waals surface area contributed by atoms with Crippen molar-refractivity contribution in [3.8, 4) is 0 Å². The molecule has 0 aromatic heterocycles. The van der Waals surface area contributed by atoms with E-state index in [1.807, 2.05) is 58.9 Å². The third kappa shape index (κ3) is 5.35. The summed E-state index contributed by atoms with van der Waals surface area (Å²) in [5.41, 5.74) is -3.44. The lowest BCUT2D eigenvalue weighted by molar-refractivity contribution is -0.176. The molecule has 0 amide bonds. The van der Waals surface area contributed by atoms with Gasteiger partial charge in [0.2, 0.25) is 12.7 Å². The zero-order valence-electron chi connectivity index (χ0n) is 17.0. The fraction of sp³-hybridized carbons (Fsp3) is 0.786. The van der Waals surface area contributed by atoms with Gasteiger partial charge in [-0.3, -0.25) is 0 Å². The maximum atomic E-state index is 14.2. The van der Waals surface area contributed by atoms with Gasteiger partial charge in [0.1, 0.15) is 0 Å². The molecule has 0 aliphatic carbocycles. The Morgan fingerprint density at radius 2 is 0.926 bits per heavy atom. The summed E-state index contributed by atoms with van der Waals surface area (Å²) < 4.78 is 96.3. The molecule has 0 atom stereocenters. The topological polar surface area (TPSA) is 26.3 Å². The number of hydrogen-bond donors (Lipinski definition) is 0. The van der Waals surface area contributed by atoms with Crippen molar-refractivity contribution in [1.29, 1.82) is 0 Å². The molecule has 0 saturated heterocycles. The Morgan fingerprint density at radius 1 is 0.667 bits per heavy atom. The maximum absolute atomic E-state index is 14.2. The fourth-order valence-corrected chi connectivity index (χ4v) is 97.2. The standard InChI is InChI=1S/C14H27F7O2Si4/c1-24(2,3)27(25(4,5)6,26(7,8)9)23-12(22)10(15)11(13(16,17)18)14(19,20)21/h1-9H3. The van der Waals surface area contributed by atoms with Gasteiger partial charge in [-0.05, 0) is 0 Å². The average Bonchev–Trinajstić information content (AvgIpc) is 2.26. The molecule has 27 heavy (non-hydrogen) atoms. The van der Waals surface area contributed by atoms with Gasteiger partial charge in [-0.2, -0.15) is 30.7 Å². The van der Waals surface area contributed by atoms with Crippen molar-refractivity contribution in [2.45, 2.75) is 71.3 Å². The minimum absolute atomic E-state index is 1.89. The minimum atomic E-state index is -6.05. The molecule has 0 unspecified atom stereocenters. The average molecular weight is 473 g/mol. The molecule has 0 aromatic carbocycles. The summed E-state index contributed by atoms with van der Waals surface area (Å²) in [5, 5.41) is 0. The lowest BCUT2D eigenvalue weighted by Crippen LogP contribution is -2.84. The van der Waals surface area contributed by atoms with Crippen LogP contribution in [0, 0.1) is 0 Å². The first kappa shape index (κ1) is 26.6. The van der Waals surface area contributed by atoms with E-state index in [-0.39, 0.29) is 0 Å². The van der Waals surface area contributed by atoms with Crippen LogP contribution in [0.15, 0.2) is 11.4 Å². The van der Waals surface area contributed by atoms with Crippen molar-refractivity contribution < 1.29 is 40.0 Å².